The third kappa shape index (κ3) is 3.13. The van der Waals surface area contributed by atoms with Crippen LogP contribution in [0, 0.1) is 13.8 Å². The Bertz CT molecular complexity index is 1050. The van der Waals surface area contributed by atoms with E-state index in [0.717, 1.165) is 22.4 Å². The maximum atomic E-state index is 13.2. The van der Waals surface area contributed by atoms with Crippen molar-refractivity contribution in [2.24, 2.45) is 7.05 Å². The molecule has 28 heavy (non-hydrogen) atoms. The molecule has 0 saturated carbocycles. The van der Waals surface area contributed by atoms with E-state index in [1.54, 1.807) is 4.68 Å². The summed E-state index contributed by atoms with van der Waals surface area (Å²) in [5.41, 5.74) is 3.62. The van der Waals surface area contributed by atoms with E-state index in [4.69, 9.17) is 0 Å². The van der Waals surface area contributed by atoms with E-state index >= 15 is 0 Å². The van der Waals surface area contributed by atoms with E-state index in [9.17, 15) is 9.59 Å². The van der Waals surface area contributed by atoms with Crippen LogP contribution < -0.4 is 0 Å². The highest BCUT2D eigenvalue weighted by Crippen LogP contribution is 2.23. The van der Waals surface area contributed by atoms with Crippen LogP contribution in [0.4, 0.5) is 0 Å². The molecule has 1 saturated heterocycles. The Labute approximate surface area is 163 Å². The van der Waals surface area contributed by atoms with Gasteiger partial charge in [-0.15, -0.1) is 0 Å². The fraction of sp³-hybridized carbons (Fsp3) is 0.333. The van der Waals surface area contributed by atoms with Gasteiger partial charge < -0.3 is 9.80 Å². The summed E-state index contributed by atoms with van der Waals surface area (Å²) >= 11 is 0. The molecule has 0 aliphatic carbocycles. The van der Waals surface area contributed by atoms with Gasteiger partial charge in [0.05, 0.1) is 16.6 Å². The number of benzene rings is 1. The number of hydrogen-bond acceptors (Lipinski definition) is 4. The van der Waals surface area contributed by atoms with Crippen molar-refractivity contribution in [1.29, 1.82) is 0 Å². The summed E-state index contributed by atoms with van der Waals surface area (Å²) in [7, 11) is 1.84. The molecule has 0 bridgehead atoms. The Morgan fingerprint density at radius 1 is 0.929 bits per heavy atom. The largest absolute Gasteiger partial charge is 0.335 e. The molecular weight excluding hydrogens is 354 g/mol. The van der Waals surface area contributed by atoms with Gasteiger partial charge in [0.25, 0.3) is 11.8 Å². The van der Waals surface area contributed by atoms with Gasteiger partial charge in [0, 0.05) is 44.5 Å². The van der Waals surface area contributed by atoms with Crippen molar-refractivity contribution in [3.8, 4) is 0 Å². The van der Waals surface area contributed by atoms with E-state index < -0.39 is 0 Å². The van der Waals surface area contributed by atoms with Crippen LogP contribution in [-0.4, -0.2) is 62.6 Å². The Morgan fingerprint density at radius 2 is 1.54 bits per heavy atom. The molecule has 7 nitrogen and oxygen atoms in total. The number of fused-ring (bicyclic) bond motifs is 1. The normalized spacial score (nSPS) is 14.5. The monoisotopic (exact) mass is 377 g/mol. The number of rotatable bonds is 2. The van der Waals surface area contributed by atoms with E-state index in [-0.39, 0.29) is 11.8 Å². The molecule has 0 atom stereocenters. The first-order valence-corrected chi connectivity index (χ1v) is 9.40. The molecule has 1 aliphatic heterocycles. The smallest absolute Gasteiger partial charge is 0.254 e. The molecule has 1 fully saturated rings. The maximum absolute atomic E-state index is 13.2. The molecule has 1 aliphatic rings. The van der Waals surface area contributed by atoms with Crippen LogP contribution in [0.3, 0.4) is 0 Å². The molecule has 0 N–H and O–H groups in total. The maximum Gasteiger partial charge on any atom is 0.254 e. The molecular formula is C21H23N5O2. The second-order valence-corrected chi connectivity index (χ2v) is 7.17. The summed E-state index contributed by atoms with van der Waals surface area (Å²) in [6.07, 6.45) is 0. The first kappa shape index (κ1) is 18.2. The number of amides is 2. The fourth-order valence-electron chi connectivity index (χ4n) is 3.78. The minimum atomic E-state index is -0.0292. The Balaban J connectivity index is 1.54. The summed E-state index contributed by atoms with van der Waals surface area (Å²) < 4.78 is 1.71. The van der Waals surface area contributed by atoms with Gasteiger partial charge in [-0.05, 0) is 32.0 Å². The molecule has 7 heteroatoms. The standard InChI is InChI=1S/C21H23N5O2/c1-14-13-17(18-15(2)23-24(3)19(18)22-14)21(28)26-11-9-25(10-12-26)20(27)16-7-5-4-6-8-16/h4-8,13H,9-12H2,1-3H3. The number of piperazine rings is 1. The fourth-order valence-corrected chi connectivity index (χ4v) is 3.78. The Morgan fingerprint density at radius 3 is 2.18 bits per heavy atom. The number of carbonyl (C=O) groups is 2. The van der Waals surface area contributed by atoms with Crippen LogP contribution >= 0.6 is 0 Å². The van der Waals surface area contributed by atoms with Gasteiger partial charge >= 0.3 is 0 Å². The minimum absolute atomic E-state index is 0.0120. The highest BCUT2D eigenvalue weighted by atomic mass is 16.2. The van der Waals surface area contributed by atoms with Crippen LogP contribution in [0.5, 0.6) is 0 Å². The van der Waals surface area contributed by atoms with Crippen LogP contribution in [0.2, 0.25) is 0 Å². The number of nitrogens with zero attached hydrogens (tertiary/aromatic N) is 5. The summed E-state index contributed by atoms with van der Waals surface area (Å²) in [5.74, 6) is -0.0173. The van der Waals surface area contributed by atoms with Gasteiger partial charge in [0.2, 0.25) is 0 Å². The SMILES string of the molecule is Cc1cc(C(=O)N2CCN(C(=O)c3ccccc3)CC2)c2c(C)nn(C)c2n1. The third-order valence-electron chi connectivity index (χ3n) is 5.20. The first-order valence-electron chi connectivity index (χ1n) is 9.40. The third-order valence-corrected chi connectivity index (χ3v) is 5.20. The minimum Gasteiger partial charge on any atom is -0.335 e. The molecule has 1 aromatic carbocycles. The lowest BCUT2D eigenvalue weighted by molar-refractivity contribution is 0.0536. The highest BCUT2D eigenvalue weighted by molar-refractivity contribution is 6.06. The number of pyridine rings is 1. The van der Waals surface area contributed by atoms with Gasteiger partial charge in [-0.2, -0.15) is 5.10 Å². The summed E-state index contributed by atoms with van der Waals surface area (Å²) in [4.78, 5) is 34.0. The summed E-state index contributed by atoms with van der Waals surface area (Å²) in [6, 6.07) is 11.1. The van der Waals surface area contributed by atoms with E-state index in [2.05, 4.69) is 10.1 Å². The molecule has 144 valence electrons. The molecule has 3 heterocycles. The van der Waals surface area contributed by atoms with Crippen molar-refractivity contribution in [1.82, 2.24) is 24.6 Å². The molecule has 2 amide bonds. The second kappa shape index (κ2) is 7.07. The van der Waals surface area contributed by atoms with Crippen LogP contribution in [-0.2, 0) is 7.05 Å². The average molecular weight is 377 g/mol. The zero-order chi connectivity index (χ0) is 19.8. The molecule has 0 spiro atoms. The van der Waals surface area contributed by atoms with Crippen molar-refractivity contribution >= 4 is 22.8 Å². The highest BCUT2D eigenvalue weighted by Gasteiger charge is 2.27. The van der Waals surface area contributed by atoms with Gasteiger partial charge in [0.15, 0.2) is 5.65 Å². The van der Waals surface area contributed by atoms with Gasteiger partial charge in [-0.1, -0.05) is 18.2 Å². The van der Waals surface area contributed by atoms with Crippen LogP contribution in [0.1, 0.15) is 32.1 Å². The molecule has 0 radical (unpaired) electrons. The zero-order valence-electron chi connectivity index (χ0n) is 16.3. The van der Waals surface area contributed by atoms with E-state index in [1.807, 2.05) is 67.1 Å². The second-order valence-electron chi connectivity index (χ2n) is 7.17. The van der Waals surface area contributed by atoms with Crippen molar-refractivity contribution in [3.63, 3.8) is 0 Å². The quantitative estimate of drug-likeness (QED) is 0.686. The van der Waals surface area contributed by atoms with Crippen molar-refractivity contribution in [2.45, 2.75) is 13.8 Å². The van der Waals surface area contributed by atoms with Crippen LogP contribution in [0.25, 0.3) is 11.0 Å². The number of aryl methyl sites for hydroxylation is 3. The lowest BCUT2D eigenvalue weighted by atomic mass is 10.1. The first-order chi connectivity index (χ1) is 13.5. The number of aromatic nitrogens is 3. The molecule has 4 rings (SSSR count). The topological polar surface area (TPSA) is 71.3 Å². The van der Waals surface area contributed by atoms with Crippen molar-refractivity contribution < 1.29 is 9.59 Å². The Hall–Kier alpha value is -3.22. The summed E-state index contributed by atoms with van der Waals surface area (Å²) in [6.45, 7) is 5.86. The van der Waals surface area contributed by atoms with Crippen molar-refractivity contribution in [3.05, 3.63) is 58.9 Å². The number of hydrogen-bond donors (Lipinski definition) is 0. The van der Waals surface area contributed by atoms with Crippen molar-refractivity contribution in [2.75, 3.05) is 26.2 Å². The predicted octanol–water partition coefficient (Wildman–Crippen LogP) is 2.18. The molecule has 3 aromatic rings. The molecule has 0 unspecified atom stereocenters. The van der Waals surface area contributed by atoms with Crippen LogP contribution in [0.15, 0.2) is 36.4 Å². The van der Waals surface area contributed by atoms with Gasteiger partial charge in [-0.3, -0.25) is 14.3 Å². The number of carbonyl (C=O) groups excluding carboxylic acids is 2. The van der Waals surface area contributed by atoms with E-state index in [1.165, 1.54) is 0 Å². The Kier molecular flexibility index (Phi) is 4.58. The summed E-state index contributed by atoms with van der Waals surface area (Å²) in [5, 5.41) is 5.23. The molecule has 2 aromatic heterocycles. The van der Waals surface area contributed by atoms with Gasteiger partial charge in [-0.25, -0.2) is 4.98 Å². The average Bonchev–Trinajstić information content (AvgIpc) is 3.00. The predicted molar refractivity (Wildman–Crippen MR) is 106 cm³/mol. The lowest BCUT2D eigenvalue weighted by Crippen LogP contribution is -2.50. The van der Waals surface area contributed by atoms with Gasteiger partial charge in [0.1, 0.15) is 0 Å². The van der Waals surface area contributed by atoms with E-state index in [0.29, 0.717) is 37.3 Å². The lowest BCUT2D eigenvalue weighted by Gasteiger charge is -2.35. The zero-order valence-corrected chi connectivity index (χ0v) is 16.3.